The molecule has 0 amide bonds. The van der Waals surface area contributed by atoms with Crippen molar-refractivity contribution in [2.45, 2.75) is 44.3 Å². The van der Waals surface area contributed by atoms with Crippen LogP contribution in [0.25, 0.3) is 5.69 Å². The molecule has 1 aliphatic carbocycles. The molecule has 4 aliphatic rings. The smallest absolute Gasteiger partial charge is 0.168 e. The first kappa shape index (κ1) is 23.4. The summed E-state index contributed by atoms with van der Waals surface area (Å²) < 4.78 is 41.3. The number of methoxy groups -OCH3 is 1. The van der Waals surface area contributed by atoms with E-state index in [2.05, 4.69) is 31.8 Å². The van der Waals surface area contributed by atoms with Crippen LogP contribution in [-0.2, 0) is 17.8 Å². The van der Waals surface area contributed by atoms with Crippen LogP contribution in [0.1, 0.15) is 42.4 Å². The highest BCUT2D eigenvalue weighted by Gasteiger charge is 2.54. The van der Waals surface area contributed by atoms with Gasteiger partial charge in [-0.2, -0.15) is 0 Å². The number of nitrogens with zero attached hydrogens (tertiary/aromatic N) is 5. The Bertz CT molecular complexity index is 1360. The summed E-state index contributed by atoms with van der Waals surface area (Å²) in [4.78, 5) is 4.40. The van der Waals surface area contributed by atoms with E-state index in [1.165, 1.54) is 18.7 Å². The summed E-state index contributed by atoms with van der Waals surface area (Å²) in [7, 11) is 1.39. The first-order chi connectivity index (χ1) is 17.9. The van der Waals surface area contributed by atoms with Crippen LogP contribution < -0.4 is 9.64 Å². The minimum atomic E-state index is -0.684. The highest BCUT2D eigenvalue weighted by molar-refractivity contribution is 6.30. The molecule has 2 saturated heterocycles. The van der Waals surface area contributed by atoms with Gasteiger partial charge in [-0.1, -0.05) is 11.6 Å². The SMILES string of the molecule is COc1cc(N2CC3(CC(c4nnc5n4-c4ccc(Cl)cc4CN([C@H]4CCOC4)C5)C3)C2)c(F)cc1F. The summed E-state index contributed by atoms with van der Waals surface area (Å²) in [6, 6.07) is 8.77. The first-order valence-corrected chi connectivity index (χ1v) is 13.1. The molecular formula is C27H28ClF2N5O2. The quantitative estimate of drug-likeness (QED) is 0.490. The number of ether oxygens (including phenoxy) is 2. The molecule has 3 aromatic rings. The Labute approximate surface area is 218 Å². The molecule has 1 saturated carbocycles. The Morgan fingerprint density at radius 3 is 2.65 bits per heavy atom. The zero-order chi connectivity index (χ0) is 25.3. The van der Waals surface area contributed by atoms with Gasteiger partial charge in [0.15, 0.2) is 17.4 Å². The van der Waals surface area contributed by atoms with E-state index in [9.17, 15) is 8.78 Å². The molecule has 1 spiro atoms. The average molecular weight is 528 g/mol. The zero-order valence-electron chi connectivity index (χ0n) is 20.6. The fourth-order valence-electron chi connectivity index (χ4n) is 6.66. The van der Waals surface area contributed by atoms with Crippen LogP contribution in [-0.4, -0.2) is 59.1 Å². The monoisotopic (exact) mass is 527 g/mol. The summed E-state index contributed by atoms with van der Waals surface area (Å²) in [5, 5.41) is 10.0. The van der Waals surface area contributed by atoms with Crippen molar-refractivity contribution in [3.8, 4) is 11.4 Å². The van der Waals surface area contributed by atoms with Crippen molar-refractivity contribution in [1.29, 1.82) is 0 Å². The maximum absolute atomic E-state index is 14.5. The van der Waals surface area contributed by atoms with E-state index in [0.29, 0.717) is 18.3 Å². The largest absolute Gasteiger partial charge is 0.494 e. The van der Waals surface area contributed by atoms with Crippen molar-refractivity contribution in [2.24, 2.45) is 5.41 Å². The molecule has 2 aromatic carbocycles. The van der Waals surface area contributed by atoms with E-state index in [0.717, 1.165) is 80.5 Å². The predicted octanol–water partition coefficient (Wildman–Crippen LogP) is 4.70. The van der Waals surface area contributed by atoms with Gasteiger partial charge in [0, 0.05) is 60.8 Å². The molecule has 0 unspecified atom stereocenters. The number of hydrogen-bond acceptors (Lipinski definition) is 6. The molecule has 37 heavy (non-hydrogen) atoms. The van der Waals surface area contributed by atoms with Crippen LogP contribution in [0.15, 0.2) is 30.3 Å². The maximum atomic E-state index is 14.5. The number of benzene rings is 2. The minimum absolute atomic E-state index is 0.0620. The molecule has 1 atom stereocenters. The Balaban J connectivity index is 1.12. The van der Waals surface area contributed by atoms with Gasteiger partial charge in [-0.3, -0.25) is 9.47 Å². The number of aromatic nitrogens is 3. The van der Waals surface area contributed by atoms with Crippen molar-refractivity contribution >= 4 is 17.3 Å². The highest BCUT2D eigenvalue weighted by atomic mass is 35.5. The van der Waals surface area contributed by atoms with Gasteiger partial charge in [0.05, 0.1) is 31.6 Å². The van der Waals surface area contributed by atoms with E-state index in [1.807, 2.05) is 11.0 Å². The standard InChI is InChI=1S/C27H28ClF2N5O2/c1-36-24-8-23(20(29)7-21(24)30)34-14-27(15-34)9-17(10-27)26-32-31-25-12-33(19-4-5-37-13-19)11-16-6-18(28)2-3-22(16)35(25)26/h2-3,6-8,17,19H,4-5,9-15H2,1H3/t19-/m0/s1. The fourth-order valence-corrected chi connectivity index (χ4v) is 6.86. The number of fused-ring (bicyclic) bond motifs is 3. The third kappa shape index (κ3) is 3.82. The van der Waals surface area contributed by atoms with E-state index in [1.54, 1.807) is 0 Å². The summed E-state index contributed by atoms with van der Waals surface area (Å²) in [5.74, 6) is 1.03. The Morgan fingerprint density at radius 1 is 1.05 bits per heavy atom. The van der Waals surface area contributed by atoms with Crippen LogP contribution in [0.2, 0.25) is 5.02 Å². The van der Waals surface area contributed by atoms with Gasteiger partial charge >= 0.3 is 0 Å². The van der Waals surface area contributed by atoms with Crippen molar-refractivity contribution < 1.29 is 18.3 Å². The Hall–Kier alpha value is -2.75. The second-order valence-electron chi connectivity index (χ2n) is 10.9. The third-order valence-electron chi connectivity index (χ3n) is 8.52. The summed E-state index contributed by atoms with van der Waals surface area (Å²) in [6.07, 6.45) is 2.94. The minimum Gasteiger partial charge on any atom is -0.494 e. The molecule has 1 aromatic heterocycles. The molecular weight excluding hydrogens is 500 g/mol. The second kappa shape index (κ2) is 8.64. The summed E-state index contributed by atoms with van der Waals surface area (Å²) >= 11 is 6.40. The van der Waals surface area contributed by atoms with Gasteiger partial charge < -0.3 is 14.4 Å². The summed E-state index contributed by atoms with van der Waals surface area (Å²) in [5.41, 5.74) is 2.78. The van der Waals surface area contributed by atoms with Crippen molar-refractivity contribution in [1.82, 2.24) is 19.7 Å². The molecule has 4 heterocycles. The maximum Gasteiger partial charge on any atom is 0.168 e. The van der Waals surface area contributed by atoms with E-state index in [-0.39, 0.29) is 17.1 Å². The first-order valence-electron chi connectivity index (χ1n) is 12.8. The molecule has 7 nitrogen and oxygen atoms in total. The van der Waals surface area contributed by atoms with Gasteiger partial charge in [-0.15, -0.1) is 10.2 Å². The molecule has 10 heteroatoms. The number of hydrogen-bond donors (Lipinski definition) is 0. The lowest BCUT2D eigenvalue weighted by atomic mass is 9.57. The van der Waals surface area contributed by atoms with Crippen molar-refractivity contribution in [3.63, 3.8) is 0 Å². The zero-order valence-corrected chi connectivity index (χ0v) is 21.3. The van der Waals surface area contributed by atoms with Gasteiger partial charge in [0.25, 0.3) is 0 Å². The number of rotatable bonds is 4. The molecule has 0 bridgehead atoms. The molecule has 0 N–H and O–H groups in total. The Morgan fingerprint density at radius 2 is 1.89 bits per heavy atom. The van der Waals surface area contributed by atoms with Gasteiger partial charge in [-0.05, 0) is 43.0 Å². The van der Waals surface area contributed by atoms with Gasteiger partial charge in [-0.25, -0.2) is 8.78 Å². The van der Waals surface area contributed by atoms with Crippen molar-refractivity contribution in [2.75, 3.05) is 38.3 Å². The molecule has 3 aliphatic heterocycles. The summed E-state index contributed by atoms with van der Waals surface area (Å²) in [6.45, 7) is 4.50. The third-order valence-corrected chi connectivity index (χ3v) is 8.75. The average Bonchev–Trinajstić information content (AvgIpc) is 3.46. The van der Waals surface area contributed by atoms with Crippen LogP contribution in [0.4, 0.5) is 14.5 Å². The lowest BCUT2D eigenvalue weighted by molar-refractivity contribution is 0.0582. The lowest BCUT2D eigenvalue weighted by Gasteiger charge is -2.59. The predicted molar refractivity (Wildman–Crippen MR) is 134 cm³/mol. The van der Waals surface area contributed by atoms with Crippen LogP contribution >= 0.6 is 11.6 Å². The molecule has 3 fully saturated rings. The van der Waals surface area contributed by atoms with E-state index >= 15 is 0 Å². The van der Waals surface area contributed by atoms with Crippen LogP contribution in [0.5, 0.6) is 5.75 Å². The van der Waals surface area contributed by atoms with Gasteiger partial charge in [0.2, 0.25) is 0 Å². The second-order valence-corrected chi connectivity index (χ2v) is 11.3. The highest BCUT2D eigenvalue weighted by Crippen LogP contribution is 2.57. The van der Waals surface area contributed by atoms with Crippen LogP contribution in [0, 0.1) is 17.0 Å². The lowest BCUT2D eigenvalue weighted by Crippen LogP contribution is -2.62. The number of anilines is 1. The van der Waals surface area contributed by atoms with E-state index in [4.69, 9.17) is 21.1 Å². The Kier molecular flexibility index (Phi) is 5.46. The number of halogens is 3. The van der Waals surface area contributed by atoms with Crippen molar-refractivity contribution in [3.05, 3.63) is 64.2 Å². The molecule has 0 radical (unpaired) electrons. The fraction of sp³-hybridized carbons (Fsp3) is 0.481. The topological polar surface area (TPSA) is 55.7 Å². The van der Waals surface area contributed by atoms with E-state index < -0.39 is 11.6 Å². The molecule has 194 valence electrons. The van der Waals surface area contributed by atoms with Gasteiger partial charge in [0.1, 0.15) is 11.6 Å². The van der Waals surface area contributed by atoms with Crippen LogP contribution in [0.3, 0.4) is 0 Å². The normalized spacial score (nSPS) is 22.8. The molecule has 7 rings (SSSR count).